The van der Waals surface area contributed by atoms with Crippen LogP contribution in [0.2, 0.25) is 0 Å². The summed E-state index contributed by atoms with van der Waals surface area (Å²) in [5.74, 6) is 0.833. The Morgan fingerprint density at radius 1 is 1.08 bits per heavy atom. The Hall–Kier alpha value is -3.98. The first kappa shape index (κ1) is 23.7. The topological polar surface area (TPSA) is 94.8 Å². The van der Waals surface area contributed by atoms with E-state index in [4.69, 9.17) is 14.0 Å². The van der Waals surface area contributed by atoms with Crippen LogP contribution in [-0.4, -0.2) is 32.7 Å². The summed E-state index contributed by atoms with van der Waals surface area (Å²) in [7, 11) is 1.38. The fraction of sp³-hybridized carbons (Fsp3) is 0.222. The lowest BCUT2D eigenvalue weighted by Crippen LogP contribution is -2.25. The van der Waals surface area contributed by atoms with Gasteiger partial charge in [-0.1, -0.05) is 74.0 Å². The number of nitrogens with zero attached hydrogens (tertiary/aromatic N) is 3. The molecule has 1 aromatic heterocycles. The summed E-state index contributed by atoms with van der Waals surface area (Å²) in [6.45, 7) is 2.14. The predicted octanol–water partition coefficient (Wildman–Crippen LogP) is 4.66. The molecule has 2 unspecified atom stereocenters. The van der Waals surface area contributed by atoms with Gasteiger partial charge in [0.15, 0.2) is 5.84 Å². The number of esters is 1. The van der Waals surface area contributed by atoms with Gasteiger partial charge in [-0.25, -0.2) is 9.78 Å². The molecule has 36 heavy (non-hydrogen) atoms. The first-order valence-electron chi connectivity index (χ1n) is 11.8. The fourth-order valence-corrected chi connectivity index (χ4v) is 5.09. The van der Waals surface area contributed by atoms with E-state index in [1.165, 1.54) is 7.11 Å². The summed E-state index contributed by atoms with van der Waals surface area (Å²) >= 11 is -1.73. The van der Waals surface area contributed by atoms with Crippen LogP contribution < -0.4 is 4.72 Å². The Kier molecular flexibility index (Phi) is 6.81. The molecule has 9 heteroatoms. The number of nitrogens with one attached hydrogen (secondary N) is 1. The van der Waals surface area contributed by atoms with Crippen molar-refractivity contribution in [2.45, 2.75) is 32.2 Å². The van der Waals surface area contributed by atoms with Crippen LogP contribution in [-0.2, 0) is 26.7 Å². The molecule has 2 atom stereocenters. The second-order valence-electron chi connectivity index (χ2n) is 8.42. The monoisotopic (exact) mass is 502 g/mol. The number of imidazole rings is 1. The number of para-hydroxylation sites is 1. The van der Waals surface area contributed by atoms with E-state index in [9.17, 15) is 9.00 Å². The van der Waals surface area contributed by atoms with Gasteiger partial charge in [0.05, 0.1) is 29.7 Å². The zero-order valence-corrected chi connectivity index (χ0v) is 20.8. The molecule has 4 aromatic rings. The molecule has 2 heterocycles. The maximum atomic E-state index is 12.9. The van der Waals surface area contributed by atoms with Crippen molar-refractivity contribution in [3.05, 3.63) is 101 Å². The average Bonchev–Trinajstić information content (AvgIpc) is 3.51. The van der Waals surface area contributed by atoms with Crippen molar-refractivity contribution in [3.63, 3.8) is 0 Å². The quantitative estimate of drug-likeness (QED) is 0.354. The molecule has 8 nitrogen and oxygen atoms in total. The summed E-state index contributed by atoms with van der Waals surface area (Å²) in [5.41, 5.74) is 4.53. The largest absolute Gasteiger partial charge is 0.465 e. The highest BCUT2D eigenvalue weighted by Gasteiger charge is 2.29. The van der Waals surface area contributed by atoms with Gasteiger partial charge in [0.25, 0.3) is 0 Å². The summed E-state index contributed by atoms with van der Waals surface area (Å²) in [4.78, 5) is 17.8. The number of aromatic nitrogens is 2. The first-order chi connectivity index (χ1) is 17.6. The van der Waals surface area contributed by atoms with Crippen molar-refractivity contribution in [1.29, 1.82) is 0 Å². The van der Waals surface area contributed by atoms with Crippen LogP contribution in [0.1, 0.15) is 58.7 Å². The summed E-state index contributed by atoms with van der Waals surface area (Å²) in [6.07, 6.45) is 2.69. The van der Waals surface area contributed by atoms with Gasteiger partial charge in [-0.05, 0) is 34.8 Å². The molecular weight excluding hydrogens is 476 g/mol. The zero-order valence-electron chi connectivity index (χ0n) is 20.0. The number of fused-ring (bicyclic) bond motifs is 1. The van der Waals surface area contributed by atoms with Crippen molar-refractivity contribution in [2.75, 3.05) is 7.11 Å². The number of methoxy groups -OCH3 is 1. The van der Waals surface area contributed by atoms with Crippen LogP contribution in [0.15, 0.2) is 78.0 Å². The maximum Gasteiger partial charge on any atom is 0.340 e. The highest BCUT2D eigenvalue weighted by molar-refractivity contribution is 7.79. The second-order valence-corrected chi connectivity index (χ2v) is 9.24. The van der Waals surface area contributed by atoms with Gasteiger partial charge in [-0.15, -0.1) is 0 Å². The van der Waals surface area contributed by atoms with Gasteiger partial charge < -0.3 is 9.30 Å². The number of amidine groups is 1. The minimum atomic E-state index is -1.73. The molecule has 0 amide bonds. The molecular formula is C27H26N4O4S. The number of aryl methyl sites for hydroxylation is 1. The SMILES string of the molecule is CCCCc1nc2cccc(C(=O)OC)c2n1C(c1ccccc1)c1ccccc1C1=NOS(=O)N1. The molecule has 1 N–H and O–H groups in total. The molecule has 0 saturated carbocycles. The van der Waals surface area contributed by atoms with Gasteiger partial charge in [0.1, 0.15) is 5.82 Å². The van der Waals surface area contributed by atoms with Gasteiger partial charge >= 0.3 is 17.2 Å². The van der Waals surface area contributed by atoms with E-state index in [1.807, 2.05) is 54.6 Å². The maximum absolute atomic E-state index is 12.9. The Bertz CT molecular complexity index is 1470. The minimum absolute atomic E-state index is 0.358. The number of carbonyl (C=O) groups excluding carboxylic acids is 1. The molecule has 0 saturated heterocycles. The van der Waals surface area contributed by atoms with E-state index in [1.54, 1.807) is 6.07 Å². The van der Waals surface area contributed by atoms with E-state index >= 15 is 0 Å². The number of benzene rings is 3. The molecule has 3 aromatic carbocycles. The molecule has 184 valence electrons. The number of ether oxygens (including phenoxy) is 1. The first-order valence-corrected chi connectivity index (χ1v) is 12.9. The third-order valence-electron chi connectivity index (χ3n) is 6.20. The third-order valence-corrected chi connectivity index (χ3v) is 6.77. The molecule has 0 spiro atoms. The molecule has 1 aliphatic rings. The average molecular weight is 503 g/mol. The van der Waals surface area contributed by atoms with E-state index in [0.717, 1.165) is 47.3 Å². The molecule has 0 bridgehead atoms. The number of hydrogen-bond acceptors (Lipinski definition) is 6. The standard InChI is InChI=1S/C27H26N4O4S/c1-3-4-17-23-28-22-16-10-15-21(27(32)34-2)25(22)31(23)24(18-11-6-5-7-12-18)19-13-8-9-14-20(19)26-29-35-36(33)30-26/h5-16,24H,3-4,17H2,1-2H3,(H,29,30). The predicted molar refractivity (Wildman–Crippen MR) is 139 cm³/mol. The van der Waals surface area contributed by atoms with Crippen molar-refractivity contribution >= 4 is 34.1 Å². The lowest BCUT2D eigenvalue weighted by atomic mass is 9.93. The number of hydrogen-bond donors (Lipinski definition) is 1. The summed E-state index contributed by atoms with van der Waals surface area (Å²) in [6, 6.07) is 23.0. The van der Waals surface area contributed by atoms with Crippen molar-refractivity contribution < 1.29 is 18.0 Å². The fourth-order valence-electron chi connectivity index (χ4n) is 4.61. The molecule has 0 aliphatic carbocycles. The van der Waals surface area contributed by atoms with E-state index in [0.29, 0.717) is 16.9 Å². The van der Waals surface area contributed by atoms with Crippen LogP contribution >= 0.6 is 0 Å². The van der Waals surface area contributed by atoms with Crippen LogP contribution in [0.4, 0.5) is 0 Å². The number of rotatable bonds is 8. The van der Waals surface area contributed by atoms with Crippen LogP contribution in [0.25, 0.3) is 11.0 Å². The van der Waals surface area contributed by atoms with Crippen LogP contribution in [0.5, 0.6) is 0 Å². The normalized spacial score (nSPS) is 15.7. The number of carbonyl (C=O) groups is 1. The lowest BCUT2D eigenvalue weighted by molar-refractivity contribution is 0.0602. The Labute approximate surface area is 211 Å². The second kappa shape index (κ2) is 10.3. The molecule has 0 fully saturated rings. The van der Waals surface area contributed by atoms with Crippen molar-refractivity contribution in [3.8, 4) is 0 Å². The Morgan fingerprint density at radius 3 is 2.58 bits per heavy atom. The number of unbranched alkanes of at least 4 members (excludes halogenated alkanes) is 1. The van der Waals surface area contributed by atoms with Gasteiger partial charge in [0.2, 0.25) is 0 Å². The van der Waals surface area contributed by atoms with Crippen molar-refractivity contribution in [2.24, 2.45) is 5.16 Å². The molecule has 0 radical (unpaired) electrons. The molecule has 1 aliphatic heterocycles. The van der Waals surface area contributed by atoms with Crippen LogP contribution in [0, 0.1) is 0 Å². The zero-order chi connectivity index (χ0) is 25.1. The minimum Gasteiger partial charge on any atom is -0.465 e. The van der Waals surface area contributed by atoms with Crippen molar-refractivity contribution in [1.82, 2.24) is 14.3 Å². The summed E-state index contributed by atoms with van der Waals surface area (Å²) < 4.78 is 26.9. The summed E-state index contributed by atoms with van der Waals surface area (Å²) in [5, 5.41) is 4.00. The highest BCUT2D eigenvalue weighted by Crippen LogP contribution is 2.36. The molecule has 5 rings (SSSR count). The van der Waals surface area contributed by atoms with Gasteiger partial charge in [-0.2, -0.15) is 4.21 Å². The highest BCUT2D eigenvalue weighted by atomic mass is 32.2. The van der Waals surface area contributed by atoms with E-state index in [-0.39, 0.29) is 6.04 Å². The number of oxime groups is 1. The van der Waals surface area contributed by atoms with Crippen LogP contribution in [0.3, 0.4) is 0 Å². The third kappa shape index (κ3) is 4.37. The van der Waals surface area contributed by atoms with E-state index in [2.05, 4.69) is 33.5 Å². The Morgan fingerprint density at radius 2 is 1.86 bits per heavy atom. The van der Waals surface area contributed by atoms with E-state index < -0.39 is 17.2 Å². The van der Waals surface area contributed by atoms with Gasteiger partial charge in [-0.3, -0.25) is 9.01 Å². The lowest BCUT2D eigenvalue weighted by Gasteiger charge is -2.25. The van der Waals surface area contributed by atoms with Gasteiger partial charge in [0, 0.05) is 12.0 Å². The Balaban J connectivity index is 1.83. The smallest absolute Gasteiger partial charge is 0.340 e.